The lowest BCUT2D eigenvalue weighted by Crippen LogP contribution is -2.03. The molecule has 6 rings (SSSR count). The molecule has 0 aliphatic rings. The van der Waals surface area contributed by atoms with Gasteiger partial charge in [0.15, 0.2) is 0 Å². The highest BCUT2D eigenvalue weighted by atomic mass is 16.5. The van der Waals surface area contributed by atoms with Crippen molar-refractivity contribution in [1.82, 2.24) is 19.5 Å². The molecule has 0 aliphatic carbocycles. The van der Waals surface area contributed by atoms with Crippen LogP contribution in [0.15, 0.2) is 97.8 Å². The summed E-state index contributed by atoms with van der Waals surface area (Å²) in [6.45, 7) is 2.55. The lowest BCUT2D eigenvalue weighted by molar-refractivity contribution is 0.415. The van der Waals surface area contributed by atoms with Gasteiger partial charge in [0.05, 0.1) is 19.8 Å². The van der Waals surface area contributed by atoms with Crippen molar-refractivity contribution >= 4 is 44.6 Å². The number of hydrogen-bond acceptors (Lipinski definition) is 5. The maximum Gasteiger partial charge on any atom is 0.119 e. The fourth-order valence-electron chi connectivity index (χ4n) is 5.39. The Morgan fingerprint density at radius 2 is 1.67 bits per heavy atom. The molecule has 0 spiro atoms. The molecule has 7 heteroatoms. The van der Waals surface area contributed by atoms with E-state index in [1.165, 1.54) is 0 Å². The number of ether oxygens (including phenoxy) is 2. The summed E-state index contributed by atoms with van der Waals surface area (Å²) in [5.41, 5.74) is 8.29. The Kier molecular flexibility index (Phi) is 7.27. The van der Waals surface area contributed by atoms with Crippen molar-refractivity contribution < 1.29 is 9.47 Å². The molecule has 1 N–H and O–H groups in total. The number of pyridine rings is 2. The van der Waals surface area contributed by atoms with Crippen LogP contribution in [-0.4, -0.2) is 33.7 Å². The molecule has 0 bridgehead atoms. The van der Waals surface area contributed by atoms with E-state index in [9.17, 15) is 5.26 Å². The molecule has 0 aliphatic heterocycles. The average Bonchev–Trinajstić information content (AvgIpc) is 3.62. The molecule has 0 saturated heterocycles. The molecular weight excluding hydrogens is 522 g/mol. The van der Waals surface area contributed by atoms with Gasteiger partial charge in [-0.25, -0.2) is 0 Å². The molecule has 0 fully saturated rings. The number of benzene rings is 2. The maximum absolute atomic E-state index is 10.6. The summed E-state index contributed by atoms with van der Waals surface area (Å²) >= 11 is 0. The number of aromatic amines is 1. The topological polar surface area (TPSA) is 88.8 Å². The van der Waals surface area contributed by atoms with Crippen LogP contribution < -0.4 is 9.47 Å². The summed E-state index contributed by atoms with van der Waals surface area (Å²) in [5.74, 6) is 1.51. The number of nitriles is 1. The van der Waals surface area contributed by atoms with Crippen molar-refractivity contribution in [2.75, 3.05) is 14.2 Å². The summed E-state index contributed by atoms with van der Waals surface area (Å²) in [7, 11) is 3.32. The second-order valence-corrected chi connectivity index (χ2v) is 9.99. The van der Waals surface area contributed by atoms with E-state index >= 15 is 0 Å². The molecule has 0 amide bonds. The minimum atomic E-state index is 0.453. The summed E-state index contributed by atoms with van der Waals surface area (Å²) in [4.78, 5) is 12.0. The Morgan fingerprint density at radius 3 is 2.36 bits per heavy atom. The Hall–Kier alpha value is -5.61. The molecule has 4 aromatic heterocycles. The van der Waals surface area contributed by atoms with E-state index < -0.39 is 0 Å². The monoisotopic (exact) mass is 551 g/mol. The molecule has 0 saturated carbocycles. The van der Waals surface area contributed by atoms with E-state index in [1.807, 2.05) is 67.1 Å². The highest BCUT2D eigenvalue weighted by molar-refractivity contribution is 6.06. The van der Waals surface area contributed by atoms with E-state index in [1.54, 1.807) is 26.6 Å². The first kappa shape index (κ1) is 26.6. The average molecular weight is 552 g/mol. The lowest BCUT2D eigenvalue weighted by atomic mass is 9.95. The van der Waals surface area contributed by atoms with Crippen LogP contribution in [0, 0.1) is 11.3 Å². The first-order chi connectivity index (χ1) is 20.6. The zero-order valence-corrected chi connectivity index (χ0v) is 23.6. The Morgan fingerprint density at radius 1 is 0.929 bits per heavy atom. The number of hydrogen-bond donors (Lipinski definition) is 1. The molecule has 0 atom stereocenters. The van der Waals surface area contributed by atoms with Crippen LogP contribution in [-0.2, 0) is 6.54 Å². The van der Waals surface area contributed by atoms with E-state index in [2.05, 4.69) is 56.9 Å². The molecule has 0 unspecified atom stereocenters. The van der Waals surface area contributed by atoms with Gasteiger partial charge in [-0.2, -0.15) is 5.26 Å². The molecular formula is C35H29N5O2. The minimum Gasteiger partial charge on any atom is -0.497 e. The van der Waals surface area contributed by atoms with Crippen LogP contribution in [0.25, 0.3) is 44.6 Å². The van der Waals surface area contributed by atoms with Crippen molar-refractivity contribution in [2.45, 2.75) is 13.5 Å². The van der Waals surface area contributed by atoms with Gasteiger partial charge in [-0.15, -0.1) is 0 Å². The van der Waals surface area contributed by atoms with Crippen molar-refractivity contribution in [1.29, 1.82) is 5.26 Å². The normalized spacial score (nSPS) is 12.3. The van der Waals surface area contributed by atoms with Crippen LogP contribution in [0.4, 0.5) is 0 Å². The number of H-pyrrole nitrogens is 1. The van der Waals surface area contributed by atoms with Gasteiger partial charge in [0.25, 0.3) is 0 Å². The smallest absolute Gasteiger partial charge is 0.119 e. The zero-order chi connectivity index (χ0) is 29.1. The molecule has 6 aromatic rings. The first-order valence-electron chi connectivity index (χ1n) is 13.5. The molecule has 42 heavy (non-hydrogen) atoms. The molecule has 0 radical (unpaired) electrons. The lowest BCUT2D eigenvalue weighted by Gasteiger charge is -2.14. The maximum atomic E-state index is 10.6. The highest BCUT2D eigenvalue weighted by Crippen LogP contribution is 2.36. The molecule has 4 heterocycles. The zero-order valence-electron chi connectivity index (χ0n) is 23.6. The third-order valence-corrected chi connectivity index (χ3v) is 7.49. The van der Waals surface area contributed by atoms with Crippen LogP contribution in [0.2, 0.25) is 0 Å². The van der Waals surface area contributed by atoms with E-state index in [4.69, 9.17) is 9.47 Å². The van der Waals surface area contributed by atoms with Crippen molar-refractivity contribution in [3.05, 3.63) is 120 Å². The van der Waals surface area contributed by atoms with E-state index in [-0.39, 0.29) is 0 Å². The summed E-state index contributed by atoms with van der Waals surface area (Å²) in [6.07, 6.45) is 13.3. The largest absolute Gasteiger partial charge is 0.497 e. The van der Waals surface area contributed by atoms with Crippen LogP contribution in [0.3, 0.4) is 0 Å². The number of nitrogens with zero attached hydrogens (tertiary/aromatic N) is 4. The van der Waals surface area contributed by atoms with E-state index in [0.717, 1.165) is 66.7 Å². The predicted octanol–water partition coefficient (Wildman–Crippen LogP) is 7.62. The minimum absolute atomic E-state index is 0.453. The van der Waals surface area contributed by atoms with E-state index in [0.29, 0.717) is 12.1 Å². The van der Waals surface area contributed by atoms with Crippen molar-refractivity contribution in [2.24, 2.45) is 0 Å². The van der Waals surface area contributed by atoms with Gasteiger partial charge in [0, 0.05) is 76.7 Å². The Balaban J connectivity index is 1.56. The predicted molar refractivity (Wildman–Crippen MR) is 168 cm³/mol. The number of rotatable bonds is 8. The van der Waals surface area contributed by atoms with Crippen molar-refractivity contribution in [3.8, 4) is 17.6 Å². The van der Waals surface area contributed by atoms with Gasteiger partial charge in [-0.05, 0) is 83.8 Å². The van der Waals surface area contributed by atoms with Gasteiger partial charge >= 0.3 is 0 Å². The third kappa shape index (κ3) is 5.02. The van der Waals surface area contributed by atoms with Crippen LogP contribution in [0.5, 0.6) is 11.5 Å². The number of fused-ring (bicyclic) bond motifs is 2. The van der Waals surface area contributed by atoms with Crippen LogP contribution in [0.1, 0.15) is 29.2 Å². The number of aromatic nitrogens is 4. The fourth-order valence-corrected chi connectivity index (χ4v) is 5.39. The van der Waals surface area contributed by atoms with Crippen LogP contribution >= 0.6 is 0 Å². The quantitative estimate of drug-likeness (QED) is 0.197. The fraction of sp³-hybridized carbons (Fsp3) is 0.114. The van der Waals surface area contributed by atoms with Gasteiger partial charge in [0.1, 0.15) is 17.6 Å². The first-order valence-corrected chi connectivity index (χ1v) is 13.5. The molecule has 7 nitrogen and oxygen atoms in total. The summed E-state index contributed by atoms with van der Waals surface area (Å²) < 4.78 is 13.3. The third-order valence-electron chi connectivity index (χ3n) is 7.49. The Bertz CT molecular complexity index is 1990. The SMILES string of the molecule is COc1ccc2[nH]cc(/C(C#N)=C(/Cn3cc(C(C)=Cc4cccnc4)c4cc(OC)ccc43)c3cccnc3)c2c1. The summed E-state index contributed by atoms with van der Waals surface area (Å²) in [6, 6.07) is 22.3. The van der Waals surface area contributed by atoms with Crippen molar-refractivity contribution in [3.63, 3.8) is 0 Å². The second kappa shape index (κ2) is 11.5. The van der Waals surface area contributed by atoms with Gasteiger partial charge in [-0.1, -0.05) is 12.1 Å². The van der Waals surface area contributed by atoms with Gasteiger partial charge < -0.3 is 19.0 Å². The van der Waals surface area contributed by atoms with Gasteiger partial charge in [0.2, 0.25) is 0 Å². The summed E-state index contributed by atoms with van der Waals surface area (Å²) in [5, 5.41) is 12.6. The highest BCUT2D eigenvalue weighted by Gasteiger charge is 2.19. The number of allylic oxidation sites excluding steroid dienone is 3. The number of methoxy groups -OCH3 is 2. The van der Waals surface area contributed by atoms with Gasteiger partial charge in [-0.3, -0.25) is 9.97 Å². The second-order valence-electron chi connectivity index (χ2n) is 9.99. The molecule has 206 valence electrons. The molecule has 2 aromatic carbocycles. The standard InChI is InChI=1S/C35H29N5O2/c1-23(14-24-6-4-12-37-18-24)32-21-40(35-11-9-27(42-3)16-29(32)35)22-33(25-7-5-13-38-19-25)30(17-36)31-20-39-34-10-8-26(41-2)15-28(31)34/h4-16,18-21,39H,22H2,1-3H3/b23-14?,33-30-. The Labute approximate surface area is 244 Å². The number of nitrogens with one attached hydrogen (secondary N) is 1.